The van der Waals surface area contributed by atoms with Crippen molar-refractivity contribution in [2.45, 2.75) is 24.5 Å². The van der Waals surface area contributed by atoms with Crippen LogP contribution >= 0.6 is 11.8 Å². The SMILES string of the molecule is CCC(NC(=O)c1ccc(-n2ccnc2SC)cc1)c1ncc(-c2ccccc2)[nH]1. The maximum absolute atomic E-state index is 12.8. The molecule has 0 saturated heterocycles. The van der Waals surface area contributed by atoms with E-state index in [1.165, 1.54) is 0 Å². The Morgan fingerprint density at radius 3 is 2.60 bits per heavy atom. The van der Waals surface area contributed by atoms with Gasteiger partial charge in [-0.15, -0.1) is 0 Å². The minimum atomic E-state index is -0.189. The molecule has 0 aliphatic heterocycles. The Balaban J connectivity index is 1.48. The van der Waals surface area contributed by atoms with Crippen LogP contribution in [0.25, 0.3) is 16.9 Å². The topological polar surface area (TPSA) is 75.6 Å². The number of nitrogens with one attached hydrogen (secondary N) is 2. The number of aromatic nitrogens is 4. The molecule has 1 atom stereocenters. The van der Waals surface area contributed by atoms with Crippen LogP contribution in [0, 0.1) is 0 Å². The summed E-state index contributed by atoms with van der Waals surface area (Å²) in [5.41, 5.74) is 3.58. The van der Waals surface area contributed by atoms with Gasteiger partial charge in [-0.05, 0) is 42.5 Å². The van der Waals surface area contributed by atoms with Crippen molar-refractivity contribution >= 4 is 17.7 Å². The lowest BCUT2D eigenvalue weighted by Gasteiger charge is -2.15. The number of rotatable bonds is 7. The van der Waals surface area contributed by atoms with Crippen LogP contribution in [0.2, 0.25) is 0 Å². The Hall–Kier alpha value is -3.32. The number of thioether (sulfide) groups is 1. The van der Waals surface area contributed by atoms with Crippen molar-refractivity contribution in [3.63, 3.8) is 0 Å². The molecule has 2 N–H and O–H groups in total. The van der Waals surface area contributed by atoms with E-state index in [2.05, 4.69) is 20.3 Å². The molecule has 4 aromatic rings. The first-order valence-corrected chi connectivity index (χ1v) is 11.0. The summed E-state index contributed by atoms with van der Waals surface area (Å²) in [6.07, 6.45) is 8.21. The van der Waals surface area contributed by atoms with E-state index in [4.69, 9.17) is 0 Å². The predicted octanol–water partition coefficient (Wildman–Crippen LogP) is 4.87. The maximum Gasteiger partial charge on any atom is 0.251 e. The number of H-pyrrole nitrogens is 1. The Morgan fingerprint density at radius 2 is 1.90 bits per heavy atom. The van der Waals surface area contributed by atoms with Crippen LogP contribution < -0.4 is 5.32 Å². The van der Waals surface area contributed by atoms with Crippen molar-refractivity contribution in [3.8, 4) is 16.9 Å². The molecular formula is C23H23N5OS. The van der Waals surface area contributed by atoms with Crippen LogP contribution in [-0.2, 0) is 0 Å². The fourth-order valence-corrected chi connectivity index (χ4v) is 3.82. The maximum atomic E-state index is 12.8. The first-order valence-electron chi connectivity index (χ1n) is 9.78. The fourth-order valence-electron chi connectivity index (χ4n) is 3.29. The van der Waals surface area contributed by atoms with Gasteiger partial charge < -0.3 is 10.3 Å². The van der Waals surface area contributed by atoms with Crippen molar-refractivity contribution in [3.05, 3.63) is 84.6 Å². The Kier molecular flexibility index (Phi) is 5.99. The quantitative estimate of drug-likeness (QED) is 0.421. The van der Waals surface area contributed by atoms with Gasteiger partial charge in [0.2, 0.25) is 0 Å². The summed E-state index contributed by atoms with van der Waals surface area (Å²) in [7, 11) is 0. The van der Waals surface area contributed by atoms with E-state index >= 15 is 0 Å². The molecule has 0 spiro atoms. The second-order valence-electron chi connectivity index (χ2n) is 6.81. The largest absolute Gasteiger partial charge is 0.342 e. The highest BCUT2D eigenvalue weighted by Gasteiger charge is 2.17. The van der Waals surface area contributed by atoms with Gasteiger partial charge in [-0.2, -0.15) is 0 Å². The van der Waals surface area contributed by atoms with Gasteiger partial charge in [-0.1, -0.05) is 49.0 Å². The zero-order valence-corrected chi connectivity index (χ0v) is 17.7. The molecule has 0 bridgehead atoms. The first-order chi connectivity index (χ1) is 14.7. The average Bonchev–Trinajstić information content (AvgIpc) is 3.48. The number of nitrogens with zero attached hydrogens (tertiary/aromatic N) is 3. The van der Waals surface area contributed by atoms with Gasteiger partial charge >= 0.3 is 0 Å². The highest BCUT2D eigenvalue weighted by atomic mass is 32.2. The molecule has 1 amide bonds. The molecule has 0 fully saturated rings. The fraction of sp³-hybridized carbons (Fsp3) is 0.174. The zero-order chi connectivity index (χ0) is 20.9. The van der Waals surface area contributed by atoms with Crippen molar-refractivity contribution in [1.29, 1.82) is 0 Å². The first kappa shape index (κ1) is 20.0. The summed E-state index contributed by atoms with van der Waals surface area (Å²) >= 11 is 1.58. The lowest BCUT2D eigenvalue weighted by Crippen LogP contribution is -2.28. The second-order valence-corrected chi connectivity index (χ2v) is 7.59. The molecular weight excluding hydrogens is 394 g/mol. The van der Waals surface area contributed by atoms with E-state index in [9.17, 15) is 4.79 Å². The monoisotopic (exact) mass is 417 g/mol. The molecule has 2 aromatic carbocycles. The van der Waals surface area contributed by atoms with Crippen LogP contribution in [-0.4, -0.2) is 31.7 Å². The van der Waals surface area contributed by atoms with Gasteiger partial charge in [-0.3, -0.25) is 9.36 Å². The molecule has 2 aromatic heterocycles. The number of imidazole rings is 2. The Labute approximate surface area is 179 Å². The van der Waals surface area contributed by atoms with Gasteiger partial charge in [0.1, 0.15) is 5.82 Å². The van der Waals surface area contributed by atoms with Crippen molar-refractivity contribution < 1.29 is 4.79 Å². The van der Waals surface area contributed by atoms with E-state index in [1.54, 1.807) is 18.0 Å². The predicted molar refractivity (Wildman–Crippen MR) is 120 cm³/mol. The second kappa shape index (κ2) is 9.00. The number of amides is 1. The molecule has 0 saturated carbocycles. The number of hydrogen-bond donors (Lipinski definition) is 2. The van der Waals surface area contributed by atoms with Crippen LogP contribution in [0.5, 0.6) is 0 Å². The molecule has 152 valence electrons. The van der Waals surface area contributed by atoms with E-state index in [1.807, 2.05) is 84.7 Å². The number of hydrogen-bond acceptors (Lipinski definition) is 4. The van der Waals surface area contributed by atoms with Gasteiger partial charge in [0, 0.05) is 23.6 Å². The summed E-state index contributed by atoms with van der Waals surface area (Å²) in [5, 5.41) is 3.99. The summed E-state index contributed by atoms with van der Waals surface area (Å²) in [6, 6.07) is 17.4. The zero-order valence-electron chi connectivity index (χ0n) is 16.9. The van der Waals surface area contributed by atoms with Crippen LogP contribution in [0.4, 0.5) is 0 Å². The van der Waals surface area contributed by atoms with Gasteiger partial charge in [0.15, 0.2) is 5.16 Å². The highest BCUT2D eigenvalue weighted by molar-refractivity contribution is 7.98. The van der Waals surface area contributed by atoms with Gasteiger partial charge in [0.25, 0.3) is 5.91 Å². The standard InChI is InChI=1S/C23H23N5OS/c1-3-19(21-25-15-20(26-21)16-7-5-4-6-8-16)27-22(29)17-9-11-18(12-10-17)28-14-13-24-23(28)30-2/h4-15,19H,3H2,1-2H3,(H,25,26)(H,27,29). The van der Waals surface area contributed by atoms with E-state index in [0.29, 0.717) is 5.56 Å². The molecule has 2 heterocycles. The van der Waals surface area contributed by atoms with Crippen molar-refractivity contribution in [1.82, 2.24) is 24.8 Å². The number of benzene rings is 2. The van der Waals surface area contributed by atoms with E-state index < -0.39 is 0 Å². The molecule has 0 aliphatic rings. The minimum Gasteiger partial charge on any atom is -0.342 e. The summed E-state index contributed by atoms with van der Waals surface area (Å²) in [5.74, 6) is 0.631. The summed E-state index contributed by atoms with van der Waals surface area (Å²) in [4.78, 5) is 25.0. The Bertz CT molecular complexity index is 1120. The Morgan fingerprint density at radius 1 is 1.13 bits per heavy atom. The third-order valence-electron chi connectivity index (χ3n) is 4.92. The molecule has 7 heteroatoms. The summed E-state index contributed by atoms with van der Waals surface area (Å²) in [6.45, 7) is 2.03. The molecule has 0 aliphatic carbocycles. The van der Waals surface area contributed by atoms with Crippen molar-refractivity contribution in [2.24, 2.45) is 0 Å². The minimum absolute atomic E-state index is 0.123. The smallest absolute Gasteiger partial charge is 0.251 e. The summed E-state index contributed by atoms with van der Waals surface area (Å²) < 4.78 is 2.00. The van der Waals surface area contributed by atoms with E-state index in [0.717, 1.165) is 34.3 Å². The molecule has 0 radical (unpaired) electrons. The molecule has 1 unspecified atom stereocenters. The average molecular weight is 418 g/mol. The molecule has 6 nitrogen and oxygen atoms in total. The normalized spacial score (nSPS) is 11.9. The third-order valence-corrected chi connectivity index (χ3v) is 5.59. The molecule has 4 rings (SSSR count). The van der Waals surface area contributed by atoms with Gasteiger partial charge in [-0.25, -0.2) is 9.97 Å². The van der Waals surface area contributed by atoms with Crippen molar-refractivity contribution in [2.75, 3.05) is 6.26 Å². The highest BCUT2D eigenvalue weighted by Crippen LogP contribution is 2.22. The van der Waals surface area contributed by atoms with Crippen LogP contribution in [0.1, 0.15) is 35.6 Å². The van der Waals surface area contributed by atoms with E-state index in [-0.39, 0.29) is 11.9 Å². The third kappa shape index (κ3) is 4.16. The number of aromatic amines is 1. The number of carbonyl (C=O) groups excluding carboxylic acids is 1. The van der Waals surface area contributed by atoms with Gasteiger partial charge in [0.05, 0.1) is 17.9 Å². The molecule has 30 heavy (non-hydrogen) atoms. The van der Waals surface area contributed by atoms with Crippen LogP contribution in [0.3, 0.4) is 0 Å². The number of carbonyl (C=O) groups is 1. The lowest BCUT2D eigenvalue weighted by atomic mass is 10.1. The van der Waals surface area contributed by atoms with Crippen LogP contribution in [0.15, 0.2) is 78.3 Å². The lowest BCUT2D eigenvalue weighted by molar-refractivity contribution is 0.0934.